The van der Waals surface area contributed by atoms with E-state index in [-0.39, 0.29) is 23.5 Å². The summed E-state index contributed by atoms with van der Waals surface area (Å²) in [6.45, 7) is 2.50. The normalized spacial score (nSPS) is 17.5. The van der Waals surface area contributed by atoms with Crippen LogP contribution in [-0.2, 0) is 27.8 Å². The predicted molar refractivity (Wildman–Crippen MR) is 137 cm³/mol. The molecule has 0 spiro atoms. The Morgan fingerprint density at radius 3 is 2.33 bits per heavy atom. The number of nitrogens with zero attached hydrogens (tertiary/aromatic N) is 4. The molecule has 0 saturated heterocycles. The number of aromatic nitrogens is 2. The number of anilines is 1. The Labute approximate surface area is 211 Å². The van der Waals surface area contributed by atoms with Crippen LogP contribution in [0.15, 0.2) is 72.1 Å². The van der Waals surface area contributed by atoms with Crippen LogP contribution in [0.4, 0.5) is 5.69 Å². The van der Waals surface area contributed by atoms with Crippen molar-refractivity contribution in [2.75, 3.05) is 5.32 Å². The van der Waals surface area contributed by atoms with Gasteiger partial charge in [0.05, 0.1) is 18.0 Å². The van der Waals surface area contributed by atoms with Crippen molar-refractivity contribution >= 4 is 34.3 Å². The topological polar surface area (TPSA) is 122 Å². The van der Waals surface area contributed by atoms with E-state index in [1.807, 2.05) is 24.3 Å². The highest BCUT2D eigenvalue weighted by molar-refractivity contribution is 7.71. The third-order valence-electron chi connectivity index (χ3n) is 6.07. The van der Waals surface area contributed by atoms with Gasteiger partial charge in [0, 0.05) is 24.0 Å². The molecule has 1 aliphatic heterocycles. The number of carbonyl (C=O) groups excluding carboxylic acids is 2. The molecule has 0 radical (unpaired) electrons. The van der Waals surface area contributed by atoms with Gasteiger partial charge in [-0.05, 0) is 47.7 Å². The van der Waals surface area contributed by atoms with Crippen molar-refractivity contribution in [3.8, 4) is 0 Å². The molecule has 1 aromatic heterocycles. The molecule has 2 heterocycles. The molecule has 186 valence electrons. The van der Waals surface area contributed by atoms with Crippen LogP contribution in [0.3, 0.4) is 0 Å². The minimum absolute atomic E-state index is 0.00740. The fourth-order valence-electron chi connectivity index (χ4n) is 4.16. The van der Waals surface area contributed by atoms with Gasteiger partial charge in [-0.25, -0.2) is 18.4 Å². The SMILES string of the molecule is CCC1CC(C=O)N(Cc2ccc(NC(=O)c3ncccn3)cc2)N=C1c1ccc(C[SH](=O)=O)cc1. The Balaban J connectivity index is 1.51. The summed E-state index contributed by atoms with van der Waals surface area (Å²) in [4.78, 5) is 32.1. The number of benzene rings is 2. The maximum absolute atomic E-state index is 12.3. The maximum atomic E-state index is 12.3. The molecule has 9 nitrogen and oxygen atoms in total. The molecule has 1 amide bonds. The van der Waals surface area contributed by atoms with Gasteiger partial charge in [0.25, 0.3) is 5.91 Å². The van der Waals surface area contributed by atoms with Crippen LogP contribution in [0.2, 0.25) is 0 Å². The van der Waals surface area contributed by atoms with E-state index in [4.69, 9.17) is 5.10 Å². The van der Waals surface area contributed by atoms with Gasteiger partial charge >= 0.3 is 0 Å². The first-order valence-corrected chi connectivity index (χ1v) is 13.0. The number of amides is 1. The van der Waals surface area contributed by atoms with Gasteiger partial charge in [-0.3, -0.25) is 9.80 Å². The summed E-state index contributed by atoms with van der Waals surface area (Å²) < 4.78 is 22.1. The lowest BCUT2D eigenvalue weighted by Gasteiger charge is -2.35. The van der Waals surface area contributed by atoms with Gasteiger partial charge in [-0.1, -0.05) is 43.3 Å². The minimum Gasteiger partial charge on any atom is -0.319 e. The van der Waals surface area contributed by atoms with Crippen LogP contribution >= 0.6 is 0 Å². The zero-order chi connectivity index (χ0) is 25.5. The molecule has 1 aliphatic rings. The average molecular weight is 506 g/mol. The van der Waals surface area contributed by atoms with Crippen molar-refractivity contribution in [1.82, 2.24) is 15.0 Å². The minimum atomic E-state index is -2.48. The predicted octanol–water partition coefficient (Wildman–Crippen LogP) is 3.04. The molecular formula is C26H27N5O4S. The Morgan fingerprint density at radius 2 is 1.72 bits per heavy atom. The lowest BCUT2D eigenvalue weighted by atomic mass is 9.87. The summed E-state index contributed by atoms with van der Waals surface area (Å²) in [5, 5.41) is 9.43. The number of rotatable bonds is 9. The number of carbonyl (C=O) groups is 2. The zero-order valence-corrected chi connectivity index (χ0v) is 20.7. The molecule has 0 fully saturated rings. The van der Waals surface area contributed by atoms with E-state index in [1.165, 1.54) is 12.4 Å². The van der Waals surface area contributed by atoms with Crippen LogP contribution in [0.5, 0.6) is 0 Å². The van der Waals surface area contributed by atoms with E-state index >= 15 is 0 Å². The molecule has 3 aromatic rings. The van der Waals surface area contributed by atoms with Crippen LogP contribution < -0.4 is 5.32 Å². The van der Waals surface area contributed by atoms with Gasteiger partial charge in [-0.15, -0.1) is 0 Å². The van der Waals surface area contributed by atoms with E-state index in [9.17, 15) is 18.0 Å². The Bertz CT molecular complexity index is 1300. The second-order valence-corrected chi connectivity index (χ2v) is 9.52. The van der Waals surface area contributed by atoms with E-state index < -0.39 is 16.6 Å². The second-order valence-electron chi connectivity index (χ2n) is 8.54. The highest BCUT2D eigenvalue weighted by Gasteiger charge is 2.30. The first kappa shape index (κ1) is 25.2. The van der Waals surface area contributed by atoms with Crippen LogP contribution in [0.1, 0.15) is 47.1 Å². The Kier molecular flexibility index (Phi) is 8.17. The number of thiol groups is 1. The van der Waals surface area contributed by atoms with Gasteiger partial charge in [0.1, 0.15) is 23.0 Å². The van der Waals surface area contributed by atoms with E-state index in [0.717, 1.165) is 35.1 Å². The first-order chi connectivity index (χ1) is 17.5. The summed E-state index contributed by atoms with van der Waals surface area (Å²) >= 11 is 0. The molecule has 0 aliphatic carbocycles. The van der Waals surface area contributed by atoms with Crippen LogP contribution in [0.25, 0.3) is 0 Å². The zero-order valence-electron chi connectivity index (χ0n) is 19.8. The fourth-order valence-corrected chi connectivity index (χ4v) is 4.67. The lowest BCUT2D eigenvalue weighted by Crippen LogP contribution is -2.41. The number of hydrazone groups is 1. The highest BCUT2D eigenvalue weighted by Crippen LogP contribution is 2.28. The summed E-state index contributed by atoms with van der Waals surface area (Å²) in [5.74, 6) is -0.177. The molecular weight excluding hydrogens is 478 g/mol. The molecule has 1 N–H and O–H groups in total. The second kappa shape index (κ2) is 11.7. The third-order valence-corrected chi connectivity index (χ3v) is 6.69. The van der Waals surface area contributed by atoms with E-state index in [1.54, 1.807) is 35.3 Å². The van der Waals surface area contributed by atoms with Gasteiger partial charge in [-0.2, -0.15) is 5.10 Å². The lowest BCUT2D eigenvalue weighted by molar-refractivity contribution is -0.113. The highest BCUT2D eigenvalue weighted by atomic mass is 32.2. The number of hydrogen-bond acceptors (Lipinski definition) is 8. The van der Waals surface area contributed by atoms with E-state index in [0.29, 0.717) is 18.7 Å². The van der Waals surface area contributed by atoms with Crippen molar-refractivity contribution in [3.63, 3.8) is 0 Å². The van der Waals surface area contributed by atoms with Gasteiger partial charge in [0.2, 0.25) is 5.82 Å². The van der Waals surface area contributed by atoms with Crippen LogP contribution in [0, 0.1) is 5.92 Å². The van der Waals surface area contributed by atoms with Crippen molar-refractivity contribution < 1.29 is 18.0 Å². The molecule has 0 saturated carbocycles. The van der Waals surface area contributed by atoms with Crippen molar-refractivity contribution in [2.24, 2.45) is 11.0 Å². The van der Waals surface area contributed by atoms with Gasteiger partial charge in [0.15, 0.2) is 0 Å². The van der Waals surface area contributed by atoms with E-state index in [2.05, 4.69) is 22.2 Å². The molecule has 0 bridgehead atoms. The molecule has 36 heavy (non-hydrogen) atoms. The fraction of sp³-hybridized carbons (Fsp3) is 0.269. The number of aldehydes is 1. The summed E-state index contributed by atoms with van der Waals surface area (Å²) in [6, 6.07) is 16.0. The quantitative estimate of drug-likeness (QED) is 0.339. The molecule has 2 unspecified atom stereocenters. The maximum Gasteiger partial charge on any atom is 0.293 e. The van der Waals surface area contributed by atoms with Gasteiger partial charge < -0.3 is 10.1 Å². The largest absolute Gasteiger partial charge is 0.319 e. The summed E-state index contributed by atoms with van der Waals surface area (Å²) in [7, 11) is -2.48. The van der Waals surface area contributed by atoms with Crippen LogP contribution in [-0.4, -0.2) is 47.3 Å². The third kappa shape index (κ3) is 6.19. The van der Waals surface area contributed by atoms with Crippen molar-refractivity contribution in [3.05, 3.63) is 89.5 Å². The van der Waals surface area contributed by atoms with Crippen molar-refractivity contribution in [2.45, 2.75) is 38.1 Å². The summed E-state index contributed by atoms with van der Waals surface area (Å²) in [6.07, 6.45) is 5.44. The average Bonchev–Trinajstić information content (AvgIpc) is 2.90. The smallest absolute Gasteiger partial charge is 0.293 e. The standard InChI is InChI=1S/C26H27N5O4S/c1-2-20-14-23(16-32)31(30-24(20)21-8-4-19(5-9-21)17-36(34)35)15-18-6-10-22(11-7-18)29-26(33)25-27-12-3-13-28-25/h3-13,16,20,23,36H,2,14-15,17H2,1H3,(H,29,33). The van der Waals surface area contributed by atoms with Crippen molar-refractivity contribution in [1.29, 1.82) is 0 Å². The molecule has 4 rings (SSSR count). The first-order valence-electron chi connectivity index (χ1n) is 11.7. The number of hydrogen-bond donors (Lipinski definition) is 2. The molecule has 10 heteroatoms. The monoisotopic (exact) mass is 505 g/mol. The Morgan fingerprint density at radius 1 is 1.06 bits per heavy atom. The summed E-state index contributed by atoms with van der Waals surface area (Å²) in [5.41, 5.74) is 4.08. The Hall–Kier alpha value is -3.92. The number of nitrogens with one attached hydrogen (secondary N) is 1. The molecule has 2 aromatic carbocycles. The molecule has 2 atom stereocenters.